The van der Waals surface area contributed by atoms with Gasteiger partial charge in [0.15, 0.2) is 5.75 Å². The molecule has 0 aliphatic rings. The van der Waals surface area contributed by atoms with Gasteiger partial charge in [0.25, 0.3) is 11.9 Å². The number of rotatable bonds is 3. The van der Waals surface area contributed by atoms with Gasteiger partial charge in [-0.25, -0.2) is 0 Å². The molecule has 0 aliphatic carbocycles. The minimum atomic E-state index is -1.76. The number of hydrogen-bond acceptors (Lipinski definition) is 2. The molecule has 0 aromatic carbocycles. The molecule has 1 aromatic rings. The molecule has 0 N–H and O–H groups in total. The van der Waals surface area contributed by atoms with Crippen LogP contribution >= 0.6 is 0 Å². The third-order valence-electron chi connectivity index (χ3n) is 1.45. The predicted molar refractivity (Wildman–Crippen MR) is 43.0 cm³/mol. The van der Waals surface area contributed by atoms with Gasteiger partial charge in [0.2, 0.25) is 11.6 Å². The maximum Gasteiger partial charge on any atom is 0.255 e. The minimum Gasteiger partial charge on any atom is -0.486 e. The summed E-state index contributed by atoms with van der Waals surface area (Å²) < 4.78 is 55.2. The summed E-state index contributed by atoms with van der Waals surface area (Å²) in [6, 6.07) is 0. The highest BCUT2D eigenvalue weighted by Gasteiger charge is 2.21. The summed E-state index contributed by atoms with van der Waals surface area (Å²) in [4.78, 5) is 2.36. The van der Waals surface area contributed by atoms with Crippen molar-refractivity contribution in [2.24, 2.45) is 0 Å². The summed E-state index contributed by atoms with van der Waals surface area (Å²) >= 11 is 0. The predicted octanol–water partition coefficient (Wildman–Crippen LogP) is 2.04. The van der Waals surface area contributed by atoms with Crippen LogP contribution in [0.2, 0.25) is 0 Å². The zero-order valence-electron chi connectivity index (χ0n) is 7.36. The first-order valence-corrected chi connectivity index (χ1v) is 3.84. The Labute approximate surface area is 82.9 Å². The van der Waals surface area contributed by atoms with Gasteiger partial charge >= 0.3 is 0 Å². The van der Waals surface area contributed by atoms with E-state index >= 15 is 0 Å². The third-order valence-corrected chi connectivity index (χ3v) is 1.45. The summed E-state index contributed by atoms with van der Waals surface area (Å²) in [7, 11) is 0. The second-order valence-corrected chi connectivity index (χ2v) is 2.45. The molecular formula is C9H5F4NO. The molecular weight excluding hydrogens is 214 g/mol. The van der Waals surface area contributed by atoms with Crippen LogP contribution in [-0.4, -0.2) is 11.6 Å². The van der Waals surface area contributed by atoms with E-state index in [9.17, 15) is 17.6 Å². The Morgan fingerprint density at radius 3 is 2.13 bits per heavy atom. The molecule has 0 unspecified atom stereocenters. The Morgan fingerprint density at radius 1 is 1.13 bits per heavy atom. The van der Waals surface area contributed by atoms with Gasteiger partial charge in [-0.2, -0.15) is 22.5 Å². The standard InChI is InChI=1S/C9H5F4NO/c1-2-3-4-15-7-5(10)8(12)14-9(13)6(7)11/h1H,3-4H2. The largest absolute Gasteiger partial charge is 0.486 e. The molecule has 1 rings (SSSR count). The lowest BCUT2D eigenvalue weighted by Crippen LogP contribution is -2.06. The summed E-state index contributed by atoms with van der Waals surface area (Å²) in [6.45, 7) is -0.243. The molecule has 6 heteroatoms. The van der Waals surface area contributed by atoms with E-state index in [1.807, 2.05) is 0 Å². The van der Waals surface area contributed by atoms with E-state index in [1.54, 1.807) is 0 Å². The van der Waals surface area contributed by atoms with Gasteiger partial charge in [-0.05, 0) is 0 Å². The fraction of sp³-hybridized carbons (Fsp3) is 0.222. The number of ether oxygens (including phenoxy) is 1. The molecule has 15 heavy (non-hydrogen) atoms. The molecule has 0 spiro atoms. The van der Waals surface area contributed by atoms with Crippen LogP contribution < -0.4 is 4.74 Å². The highest BCUT2D eigenvalue weighted by Crippen LogP contribution is 2.24. The highest BCUT2D eigenvalue weighted by molar-refractivity contribution is 5.24. The lowest BCUT2D eigenvalue weighted by molar-refractivity contribution is 0.270. The Balaban J connectivity index is 3.00. The van der Waals surface area contributed by atoms with Gasteiger partial charge in [0.1, 0.15) is 0 Å². The molecule has 0 saturated carbocycles. The smallest absolute Gasteiger partial charge is 0.255 e. The van der Waals surface area contributed by atoms with Crippen molar-refractivity contribution in [1.82, 2.24) is 4.98 Å². The molecule has 0 bridgehead atoms. The summed E-state index contributed by atoms with van der Waals surface area (Å²) in [5, 5.41) is 0. The number of halogens is 4. The Hall–Kier alpha value is -1.77. The van der Waals surface area contributed by atoms with Crippen LogP contribution in [0, 0.1) is 35.9 Å². The van der Waals surface area contributed by atoms with Gasteiger partial charge < -0.3 is 4.74 Å². The van der Waals surface area contributed by atoms with Crippen molar-refractivity contribution in [3.8, 4) is 18.1 Å². The number of nitrogens with zero attached hydrogens (tertiary/aromatic N) is 1. The van der Waals surface area contributed by atoms with Crippen molar-refractivity contribution in [2.45, 2.75) is 6.42 Å². The van der Waals surface area contributed by atoms with Crippen molar-refractivity contribution in [3.05, 3.63) is 23.5 Å². The van der Waals surface area contributed by atoms with E-state index in [4.69, 9.17) is 6.42 Å². The van der Waals surface area contributed by atoms with E-state index in [0.717, 1.165) is 0 Å². The number of pyridine rings is 1. The van der Waals surface area contributed by atoms with E-state index in [2.05, 4.69) is 15.6 Å². The zero-order valence-corrected chi connectivity index (χ0v) is 7.36. The fourth-order valence-corrected chi connectivity index (χ4v) is 0.807. The lowest BCUT2D eigenvalue weighted by Gasteiger charge is -2.06. The maximum absolute atomic E-state index is 12.8. The van der Waals surface area contributed by atoms with Gasteiger partial charge in [0, 0.05) is 6.42 Å². The van der Waals surface area contributed by atoms with Gasteiger partial charge in [-0.1, -0.05) is 0 Å². The van der Waals surface area contributed by atoms with E-state index in [0.29, 0.717) is 0 Å². The first kappa shape index (κ1) is 11.3. The monoisotopic (exact) mass is 219 g/mol. The van der Waals surface area contributed by atoms with Crippen molar-refractivity contribution in [1.29, 1.82) is 0 Å². The average Bonchev–Trinajstić information content (AvgIpc) is 2.20. The lowest BCUT2D eigenvalue weighted by atomic mass is 10.4. The second kappa shape index (κ2) is 4.64. The van der Waals surface area contributed by atoms with Crippen LogP contribution in [0.5, 0.6) is 5.75 Å². The highest BCUT2D eigenvalue weighted by atomic mass is 19.2. The number of hydrogen-bond donors (Lipinski definition) is 0. The van der Waals surface area contributed by atoms with E-state index < -0.39 is 29.3 Å². The van der Waals surface area contributed by atoms with Crippen LogP contribution in [0.25, 0.3) is 0 Å². The SMILES string of the molecule is C#CCCOc1c(F)c(F)nc(F)c1F. The molecule has 0 saturated heterocycles. The van der Waals surface area contributed by atoms with Gasteiger partial charge in [0.05, 0.1) is 6.61 Å². The topological polar surface area (TPSA) is 22.1 Å². The fourth-order valence-electron chi connectivity index (χ4n) is 0.807. The minimum absolute atomic E-state index is 0.0600. The second-order valence-electron chi connectivity index (χ2n) is 2.45. The molecule has 1 aromatic heterocycles. The Kier molecular flexibility index (Phi) is 3.50. The van der Waals surface area contributed by atoms with Gasteiger partial charge in [-0.3, -0.25) is 0 Å². The average molecular weight is 219 g/mol. The molecule has 0 atom stereocenters. The summed E-state index contributed by atoms with van der Waals surface area (Å²) in [5.41, 5.74) is 0. The van der Waals surface area contributed by atoms with Crippen molar-refractivity contribution in [2.75, 3.05) is 6.61 Å². The zero-order chi connectivity index (χ0) is 11.4. The van der Waals surface area contributed by atoms with Crippen LogP contribution in [0.15, 0.2) is 0 Å². The molecule has 0 amide bonds. The van der Waals surface area contributed by atoms with E-state index in [-0.39, 0.29) is 13.0 Å². The third kappa shape index (κ3) is 2.37. The van der Waals surface area contributed by atoms with Crippen LogP contribution in [0.1, 0.15) is 6.42 Å². The maximum atomic E-state index is 12.8. The van der Waals surface area contributed by atoms with Crippen LogP contribution in [0.3, 0.4) is 0 Å². The quantitative estimate of drug-likeness (QED) is 0.336. The molecule has 0 fully saturated rings. The molecule has 2 nitrogen and oxygen atoms in total. The Morgan fingerprint density at radius 2 is 1.67 bits per heavy atom. The summed E-state index contributed by atoms with van der Waals surface area (Å²) in [5.74, 6) is -5.88. The molecule has 0 aliphatic heterocycles. The van der Waals surface area contributed by atoms with E-state index in [1.165, 1.54) is 0 Å². The molecule has 1 heterocycles. The van der Waals surface area contributed by atoms with Gasteiger partial charge in [-0.15, -0.1) is 12.3 Å². The number of aromatic nitrogens is 1. The number of terminal acetylenes is 1. The molecule has 80 valence electrons. The van der Waals surface area contributed by atoms with Crippen molar-refractivity contribution < 1.29 is 22.3 Å². The van der Waals surface area contributed by atoms with Crippen molar-refractivity contribution >= 4 is 0 Å². The van der Waals surface area contributed by atoms with Crippen LogP contribution in [0.4, 0.5) is 17.6 Å². The van der Waals surface area contributed by atoms with Crippen molar-refractivity contribution in [3.63, 3.8) is 0 Å². The van der Waals surface area contributed by atoms with Crippen LogP contribution in [-0.2, 0) is 0 Å². The summed E-state index contributed by atoms with van der Waals surface area (Å²) in [6.07, 6.45) is 4.91. The Bertz CT molecular complexity index is 387. The normalized spacial score (nSPS) is 9.80. The first-order valence-electron chi connectivity index (χ1n) is 3.84. The molecule has 0 radical (unpaired) electrons. The first-order chi connectivity index (χ1) is 7.07.